The zero-order valence-electron chi connectivity index (χ0n) is 15.8. The van der Waals surface area contributed by atoms with E-state index in [1.165, 1.54) is 11.8 Å². The molecule has 3 aromatic rings. The normalized spacial score (nSPS) is 16.1. The summed E-state index contributed by atoms with van der Waals surface area (Å²) in [5.74, 6) is -0.0932. The van der Waals surface area contributed by atoms with Gasteiger partial charge in [-0.25, -0.2) is 4.79 Å². The summed E-state index contributed by atoms with van der Waals surface area (Å²) in [6.45, 7) is 0. The number of methoxy groups -OCH3 is 1. The first-order chi connectivity index (χ1) is 14.0. The number of benzene rings is 1. The molecule has 2 heterocycles. The first kappa shape index (κ1) is 18.1. The number of ether oxygens (including phenoxy) is 1. The SMILES string of the molecule is COc1c(-c2cc3c(s2)CC(=O)CC3)c(C2CC2)cc2c(=O)c(C(=O)O)c[nH]c12. The fourth-order valence-electron chi connectivity index (χ4n) is 4.18. The third-order valence-electron chi connectivity index (χ3n) is 5.79. The average Bonchev–Trinajstić information content (AvgIpc) is 3.46. The molecular formula is C22H19NO5S. The molecule has 0 atom stereocenters. The van der Waals surface area contributed by atoms with Crippen LogP contribution in [0.1, 0.15) is 51.5 Å². The van der Waals surface area contributed by atoms with E-state index in [-0.39, 0.29) is 11.3 Å². The third-order valence-corrected chi connectivity index (χ3v) is 6.98. The van der Waals surface area contributed by atoms with Gasteiger partial charge in [-0.05, 0) is 48.4 Å². The van der Waals surface area contributed by atoms with E-state index in [1.54, 1.807) is 18.4 Å². The van der Waals surface area contributed by atoms with Gasteiger partial charge in [-0.15, -0.1) is 11.3 Å². The van der Waals surface area contributed by atoms with E-state index in [0.29, 0.717) is 35.4 Å². The third kappa shape index (κ3) is 2.88. The lowest BCUT2D eigenvalue weighted by molar-refractivity contribution is -0.118. The number of Topliss-reactive ketones (excluding diaryl/α,β-unsaturated/α-hetero) is 1. The van der Waals surface area contributed by atoms with Crippen molar-refractivity contribution in [1.29, 1.82) is 0 Å². The van der Waals surface area contributed by atoms with Gasteiger partial charge in [-0.1, -0.05) is 0 Å². The lowest BCUT2D eigenvalue weighted by Crippen LogP contribution is -2.16. The number of nitrogens with one attached hydrogen (secondary N) is 1. The predicted octanol–water partition coefficient (Wildman–Crippen LogP) is 3.90. The van der Waals surface area contributed by atoms with Gasteiger partial charge in [0.2, 0.25) is 5.43 Å². The van der Waals surface area contributed by atoms with Crippen molar-refractivity contribution in [3.05, 3.63) is 50.1 Å². The molecule has 2 aliphatic rings. The number of hydrogen-bond acceptors (Lipinski definition) is 5. The first-order valence-corrected chi connectivity index (χ1v) is 10.4. The molecule has 5 rings (SSSR count). The van der Waals surface area contributed by atoms with Crippen molar-refractivity contribution in [2.24, 2.45) is 0 Å². The molecular weight excluding hydrogens is 390 g/mol. The van der Waals surface area contributed by atoms with Gasteiger partial charge in [0.1, 0.15) is 11.3 Å². The molecule has 6 nitrogen and oxygen atoms in total. The van der Waals surface area contributed by atoms with Crippen molar-refractivity contribution >= 4 is 34.0 Å². The van der Waals surface area contributed by atoms with Gasteiger partial charge in [0.05, 0.1) is 18.0 Å². The summed E-state index contributed by atoms with van der Waals surface area (Å²) < 4.78 is 5.76. The van der Waals surface area contributed by atoms with E-state index in [0.717, 1.165) is 40.1 Å². The number of rotatable bonds is 4. The molecule has 148 valence electrons. The summed E-state index contributed by atoms with van der Waals surface area (Å²) >= 11 is 1.61. The van der Waals surface area contributed by atoms with Crippen LogP contribution in [0.5, 0.6) is 5.75 Å². The molecule has 0 aliphatic heterocycles. The van der Waals surface area contributed by atoms with Crippen LogP contribution in [0.2, 0.25) is 0 Å². The number of fused-ring (bicyclic) bond motifs is 2. The number of carbonyl (C=O) groups is 2. The van der Waals surface area contributed by atoms with Crippen LogP contribution in [0.4, 0.5) is 0 Å². The molecule has 0 saturated heterocycles. The van der Waals surface area contributed by atoms with Crippen molar-refractivity contribution < 1.29 is 19.4 Å². The Morgan fingerprint density at radius 3 is 2.72 bits per heavy atom. The molecule has 0 unspecified atom stereocenters. The van der Waals surface area contributed by atoms with Crippen molar-refractivity contribution in [2.45, 2.75) is 38.0 Å². The van der Waals surface area contributed by atoms with E-state index in [2.05, 4.69) is 11.1 Å². The van der Waals surface area contributed by atoms with Gasteiger partial charge in [-0.2, -0.15) is 0 Å². The molecule has 2 N–H and O–H groups in total. The number of aromatic amines is 1. The second kappa shape index (κ2) is 6.56. The molecule has 29 heavy (non-hydrogen) atoms. The summed E-state index contributed by atoms with van der Waals surface area (Å²) in [7, 11) is 1.56. The minimum Gasteiger partial charge on any atom is -0.494 e. The van der Waals surface area contributed by atoms with E-state index < -0.39 is 11.4 Å². The Hall–Kier alpha value is -2.93. The van der Waals surface area contributed by atoms with Crippen molar-refractivity contribution in [3.8, 4) is 16.2 Å². The lowest BCUT2D eigenvalue weighted by atomic mass is 9.94. The van der Waals surface area contributed by atoms with Crippen LogP contribution in [0.3, 0.4) is 0 Å². The van der Waals surface area contributed by atoms with Gasteiger partial charge >= 0.3 is 5.97 Å². The fourth-order valence-corrected chi connectivity index (χ4v) is 5.49. The molecule has 0 bridgehead atoms. The van der Waals surface area contributed by atoms with Gasteiger partial charge in [0.15, 0.2) is 5.75 Å². The second-order valence-electron chi connectivity index (χ2n) is 7.68. The smallest absolute Gasteiger partial charge is 0.341 e. The van der Waals surface area contributed by atoms with Crippen LogP contribution in [-0.4, -0.2) is 29.0 Å². The summed E-state index contributed by atoms with van der Waals surface area (Å²) in [4.78, 5) is 41.2. The number of pyridine rings is 1. The van der Waals surface area contributed by atoms with E-state index in [1.807, 2.05) is 6.07 Å². The van der Waals surface area contributed by atoms with Crippen LogP contribution in [0.15, 0.2) is 23.1 Å². The number of ketones is 1. The summed E-state index contributed by atoms with van der Waals surface area (Å²) in [6, 6.07) is 3.98. The number of carboxylic acids is 1. The number of H-pyrrole nitrogens is 1. The lowest BCUT2D eigenvalue weighted by Gasteiger charge is -2.16. The van der Waals surface area contributed by atoms with Gasteiger partial charge in [-0.3, -0.25) is 9.59 Å². The molecule has 0 amide bonds. The Morgan fingerprint density at radius 1 is 1.24 bits per heavy atom. The number of aromatic carboxylic acids is 1. The number of aromatic nitrogens is 1. The van der Waals surface area contributed by atoms with Gasteiger partial charge < -0.3 is 14.8 Å². The number of carboxylic acid groups (broad SMARTS) is 1. The Labute approximate surface area is 170 Å². The summed E-state index contributed by atoms with van der Waals surface area (Å²) in [6.07, 6.45) is 5.11. The molecule has 1 saturated carbocycles. The quantitative estimate of drug-likeness (QED) is 0.681. The molecule has 7 heteroatoms. The topological polar surface area (TPSA) is 96.5 Å². The van der Waals surface area contributed by atoms with Crippen LogP contribution in [0, 0.1) is 0 Å². The maximum Gasteiger partial charge on any atom is 0.341 e. The highest BCUT2D eigenvalue weighted by atomic mass is 32.1. The standard InChI is InChI=1S/C22H19NO5S/c1-28-21-18(17-6-11-4-5-12(24)7-16(11)29-17)13(10-2-3-10)8-14-19(21)23-9-15(20(14)25)22(26)27/h6,8-10H,2-5,7H2,1H3,(H,23,25)(H,26,27). The van der Waals surface area contributed by atoms with Crippen LogP contribution >= 0.6 is 11.3 Å². The van der Waals surface area contributed by atoms with Crippen molar-refractivity contribution in [3.63, 3.8) is 0 Å². The Bertz CT molecular complexity index is 1250. The molecule has 2 aliphatic carbocycles. The average molecular weight is 409 g/mol. The Balaban J connectivity index is 1.80. The minimum absolute atomic E-state index is 0.268. The van der Waals surface area contributed by atoms with Crippen molar-refractivity contribution in [1.82, 2.24) is 4.98 Å². The van der Waals surface area contributed by atoms with Crippen LogP contribution in [-0.2, 0) is 17.6 Å². The van der Waals surface area contributed by atoms with Crippen molar-refractivity contribution in [2.75, 3.05) is 7.11 Å². The van der Waals surface area contributed by atoms with E-state index in [9.17, 15) is 19.5 Å². The molecule has 0 spiro atoms. The van der Waals surface area contributed by atoms with E-state index in [4.69, 9.17) is 4.74 Å². The highest BCUT2D eigenvalue weighted by Crippen LogP contribution is 2.51. The van der Waals surface area contributed by atoms with Crippen LogP contribution < -0.4 is 10.2 Å². The summed E-state index contributed by atoms with van der Waals surface area (Å²) in [5.41, 5.74) is 2.90. The predicted molar refractivity (Wildman–Crippen MR) is 110 cm³/mol. The molecule has 0 radical (unpaired) electrons. The summed E-state index contributed by atoms with van der Waals surface area (Å²) in [5, 5.41) is 9.65. The van der Waals surface area contributed by atoms with E-state index >= 15 is 0 Å². The second-order valence-corrected chi connectivity index (χ2v) is 8.82. The molecule has 2 aromatic heterocycles. The molecule has 1 aromatic carbocycles. The molecule has 1 fully saturated rings. The maximum absolute atomic E-state index is 12.8. The highest BCUT2D eigenvalue weighted by molar-refractivity contribution is 7.15. The number of aryl methyl sites for hydroxylation is 1. The monoisotopic (exact) mass is 409 g/mol. The first-order valence-electron chi connectivity index (χ1n) is 9.61. The largest absolute Gasteiger partial charge is 0.494 e. The zero-order valence-corrected chi connectivity index (χ0v) is 16.6. The van der Waals surface area contributed by atoms with Gasteiger partial charge in [0.25, 0.3) is 0 Å². The number of thiophene rings is 1. The zero-order chi connectivity index (χ0) is 20.3. The Morgan fingerprint density at radius 2 is 2.03 bits per heavy atom. The number of hydrogen-bond donors (Lipinski definition) is 2. The van der Waals surface area contributed by atoms with Gasteiger partial charge in [0, 0.05) is 34.4 Å². The maximum atomic E-state index is 12.8. The number of carbonyl (C=O) groups excluding carboxylic acids is 1. The minimum atomic E-state index is -1.25. The fraction of sp³-hybridized carbons (Fsp3) is 0.318. The highest BCUT2D eigenvalue weighted by Gasteiger charge is 2.32. The van der Waals surface area contributed by atoms with Crippen LogP contribution in [0.25, 0.3) is 21.3 Å². The Kier molecular flexibility index (Phi) is 4.10.